The minimum atomic E-state index is -1.78. The Morgan fingerprint density at radius 2 is 2.08 bits per heavy atom. The molecule has 1 aromatic rings. The predicted octanol–water partition coefficient (Wildman–Crippen LogP) is 2.27. The molecule has 6 heteroatoms. The molecule has 3 aliphatic rings. The third kappa shape index (κ3) is 2.32. The molecule has 0 bridgehead atoms. The standard InChI is InChI=1S/C18H21FN2O3/c1-20-7-6-18(19)13(9-20)10-21(17(18)24)15-5-4-12(16(22)23)8-14(15)11-2-3-11/h4-5,8,11,13H,2-3,6-7,9-10H2,1H3,(H,22,23)/t13-,18+/m0/s1. The number of amides is 1. The smallest absolute Gasteiger partial charge is 0.335 e. The van der Waals surface area contributed by atoms with Crippen molar-refractivity contribution in [2.24, 2.45) is 5.92 Å². The SMILES string of the molecule is CN1CC[C@]2(F)C(=O)N(c3ccc(C(=O)O)cc3C3CC3)C[C@@H]2C1. The average molecular weight is 332 g/mol. The van der Waals surface area contributed by atoms with Crippen LogP contribution < -0.4 is 4.90 Å². The first-order valence-electron chi connectivity index (χ1n) is 8.47. The lowest BCUT2D eigenvalue weighted by molar-refractivity contribution is -0.131. The molecule has 0 unspecified atom stereocenters. The van der Waals surface area contributed by atoms with E-state index >= 15 is 4.39 Å². The number of anilines is 1. The number of alkyl halides is 1. The van der Waals surface area contributed by atoms with Gasteiger partial charge < -0.3 is 14.9 Å². The number of likely N-dealkylation sites (tertiary alicyclic amines) is 1. The number of fused-ring (bicyclic) bond motifs is 1. The van der Waals surface area contributed by atoms with Gasteiger partial charge in [-0.25, -0.2) is 9.18 Å². The van der Waals surface area contributed by atoms with E-state index in [0.29, 0.717) is 25.3 Å². The fraction of sp³-hybridized carbons (Fsp3) is 0.556. The first-order valence-corrected chi connectivity index (χ1v) is 8.47. The zero-order valence-electron chi connectivity index (χ0n) is 13.7. The number of hydrogen-bond donors (Lipinski definition) is 1. The van der Waals surface area contributed by atoms with E-state index in [1.54, 1.807) is 17.0 Å². The minimum Gasteiger partial charge on any atom is -0.478 e. The highest BCUT2D eigenvalue weighted by molar-refractivity contribution is 6.03. The Morgan fingerprint density at radius 3 is 2.75 bits per heavy atom. The number of carboxylic acids is 1. The molecule has 1 N–H and O–H groups in total. The van der Waals surface area contributed by atoms with E-state index in [9.17, 15) is 14.7 Å². The quantitative estimate of drug-likeness (QED) is 0.922. The Morgan fingerprint density at radius 1 is 1.33 bits per heavy atom. The van der Waals surface area contributed by atoms with Gasteiger partial charge in [-0.3, -0.25) is 4.79 Å². The van der Waals surface area contributed by atoms with E-state index in [2.05, 4.69) is 4.90 Å². The van der Waals surface area contributed by atoms with Crippen LogP contribution in [0.1, 0.15) is 41.1 Å². The second kappa shape index (κ2) is 5.28. The number of aromatic carboxylic acids is 1. The molecule has 2 aliphatic heterocycles. The Labute approximate surface area is 140 Å². The number of carboxylic acid groups (broad SMARTS) is 1. The van der Waals surface area contributed by atoms with E-state index in [0.717, 1.165) is 18.4 Å². The van der Waals surface area contributed by atoms with Crippen molar-refractivity contribution in [1.29, 1.82) is 0 Å². The summed E-state index contributed by atoms with van der Waals surface area (Å²) in [5, 5.41) is 9.21. The maximum Gasteiger partial charge on any atom is 0.335 e. The van der Waals surface area contributed by atoms with E-state index in [-0.39, 0.29) is 23.8 Å². The molecule has 0 radical (unpaired) electrons. The molecule has 2 saturated heterocycles. The first kappa shape index (κ1) is 15.6. The maximum atomic E-state index is 15.3. The largest absolute Gasteiger partial charge is 0.478 e. The average Bonchev–Trinajstić information content (AvgIpc) is 3.36. The molecule has 2 atom stereocenters. The highest BCUT2D eigenvalue weighted by Crippen LogP contribution is 2.48. The van der Waals surface area contributed by atoms with Gasteiger partial charge in [-0.15, -0.1) is 0 Å². The number of carbonyl (C=O) groups excluding carboxylic acids is 1. The minimum absolute atomic E-state index is 0.222. The first-order chi connectivity index (χ1) is 11.4. The zero-order valence-corrected chi connectivity index (χ0v) is 13.7. The summed E-state index contributed by atoms with van der Waals surface area (Å²) in [5.74, 6) is -1.47. The number of rotatable bonds is 3. The van der Waals surface area contributed by atoms with Crippen molar-refractivity contribution in [3.8, 4) is 0 Å². The zero-order chi connectivity index (χ0) is 17.1. The van der Waals surface area contributed by atoms with E-state index in [1.807, 2.05) is 7.05 Å². The summed E-state index contributed by atoms with van der Waals surface area (Å²) in [7, 11) is 1.95. The van der Waals surface area contributed by atoms with Gasteiger partial charge in [-0.05, 0) is 49.6 Å². The lowest BCUT2D eigenvalue weighted by atomic mass is 9.85. The maximum absolute atomic E-state index is 15.3. The molecule has 0 spiro atoms. The molecular formula is C18H21FN2O3. The molecule has 5 nitrogen and oxygen atoms in total. The highest BCUT2D eigenvalue weighted by Gasteiger charge is 2.57. The Balaban J connectivity index is 1.71. The molecule has 1 aromatic carbocycles. The number of benzene rings is 1. The second-order valence-corrected chi connectivity index (χ2v) is 7.34. The van der Waals surface area contributed by atoms with Crippen LogP contribution in [0.2, 0.25) is 0 Å². The van der Waals surface area contributed by atoms with E-state index in [1.165, 1.54) is 6.07 Å². The van der Waals surface area contributed by atoms with Gasteiger partial charge in [0, 0.05) is 37.7 Å². The number of nitrogens with zero attached hydrogens (tertiary/aromatic N) is 2. The van der Waals surface area contributed by atoms with Crippen LogP contribution in [0.25, 0.3) is 0 Å². The Kier molecular flexibility index (Phi) is 3.42. The number of halogens is 1. The summed E-state index contributed by atoms with van der Waals surface area (Å²) in [4.78, 5) is 27.7. The van der Waals surface area contributed by atoms with Crippen LogP contribution >= 0.6 is 0 Å². The lowest BCUT2D eigenvalue weighted by Crippen LogP contribution is -2.49. The molecule has 1 saturated carbocycles. The third-order valence-corrected chi connectivity index (χ3v) is 5.62. The van der Waals surface area contributed by atoms with Crippen molar-refractivity contribution >= 4 is 17.6 Å². The molecule has 4 rings (SSSR count). The second-order valence-electron chi connectivity index (χ2n) is 7.34. The normalized spacial score (nSPS) is 30.5. The molecule has 3 fully saturated rings. The van der Waals surface area contributed by atoms with Crippen molar-refractivity contribution in [2.45, 2.75) is 30.8 Å². The Hall–Kier alpha value is -1.95. The van der Waals surface area contributed by atoms with Crippen molar-refractivity contribution < 1.29 is 19.1 Å². The fourth-order valence-corrected chi connectivity index (χ4v) is 4.04. The molecule has 128 valence electrons. The number of carbonyl (C=O) groups is 2. The van der Waals surface area contributed by atoms with E-state index < -0.39 is 17.5 Å². The predicted molar refractivity (Wildman–Crippen MR) is 87.2 cm³/mol. The summed E-state index contributed by atoms with van der Waals surface area (Å²) in [6, 6.07) is 4.84. The van der Waals surface area contributed by atoms with Gasteiger partial charge in [0.1, 0.15) is 0 Å². The van der Waals surface area contributed by atoms with E-state index in [4.69, 9.17) is 0 Å². The van der Waals surface area contributed by atoms with Gasteiger partial charge in [0.15, 0.2) is 5.67 Å². The van der Waals surface area contributed by atoms with Crippen LogP contribution in [0.4, 0.5) is 10.1 Å². The Bertz CT molecular complexity index is 718. The summed E-state index contributed by atoms with van der Waals surface area (Å²) in [5.41, 5.74) is 0.0125. The topological polar surface area (TPSA) is 60.9 Å². The molecule has 0 aromatic heterocycles. The number of piperidine rings is 1. The van der Waals surface area contributed by atoms with Crippen LogP contribution in [-0.4, -0.2) is 54.2 Å². The van der Waals surface area contributed by atoms with Crippen LogP contribution in [0.3, 0.4) is 0 Å². The van der Waals surface area contributed by atoms with Crippen LogP contribution in [0.5, 0.6) is 0 Å². The molecular weight excluding hydrogens is 311 g/mol. The monoisotopic (exact) mass is 332 g/mol. The molecule has 1 amide bonds. The van der Waals surface area contributed by atoms with Gasteiger partial charge in [0.2, 0.25) is 0 Å². The lowest BCUT2D eigenvalue weighted by Gasteiger charge is -2.34. The van der Waals surface area contributed by atoms with Crippen molar-refractivity contribution in [1.82, 2.24) is 4.90 Å². The third-order valence-electron chi connectivity index (χ3n) is 5.62. The van der Waals surface area contributed by atoms with Crippen molar-refractivity contribution in [3.05, 3.63) is 29.3 Å². The highest BCUT2D eigenvalue weighted by atomic mass is 19.1. The summed E-state index contributed by atoms with van der Waals surface area (Å²) >= 11 is 0. The molecule has 1 aliphatic carbocycles. The molecule has 24 heavy (non-hydrogen) atoms. The van der Waals surface area contributed by atoms with Gasteiger partial charge in [-0.2, -0.15) is 0 Å². The van der Waals surface area contributed by atoms with Gasteiger partial charge in [-0.1, -0.05) is 0 Å². The summed E-state index contributed by atoms with van der Waals surface area (Å²) in [6.07, 6.45) is 2.21. The van der Waals surface area contributed by atoms with Crippen molar-refractivity contribution in [3.63, 3.8) is 0 Å². The summed E-state index contributed by atoms with van der Waals surface area (Å²) < 4.78 is 15.3. The number of hydrogen-bond acceptors (Lipinski definition) is 3. The van der Waals surface area contributed by atoms with Gasteiger partial charge in [0.25, 0.3) is 5.91 Å². The van der Waals surface area contributed by atoms with Crippen LogP contribution in [-0.2, 0) is 4.79 Å². The van der Waals surface area contributed by atoms with Crippen LogP contribution in [0.15, 0.2) is 18.2 Å². The van der Waals surface area contributed by atoms with Crippen LogP contribution in [0, 0.1) is 5.92 Å². The molecule has 2 heterocycles. The van der Waals surface area contributed by atoms with Crippen molar-refractivity contribution in [2.75, 3.05) is 31.6 Å². The fourth-order valence-electron chi connectivity index (χ4n) is 4.04. The summed E-state index contributed by atoms with van der Waals surface area (Å²) in [6.45, 7) is 1.52. The van der Waals surface area contributed by atoms with Gasteiger partial charge >= 0.3 is 5.97 Å². The van der Waals surface area contributed by atoms with Gasteiger partial charge in [0.05, 0.1) is 5.56 Å².